The topological polar surface area (TPSA) is 47.0 Å². The summed E-state index contributed by atoms with van der Waals surface area (Å²) in [4.78, 5) is 3.88. The lowest BCUT2D eigenvalue weighted by atomic mass is 10.2. The Labute approximate surface area is 121 Å². The predicted octanol–water partition coefficient (Wildman–Crippen LogP) is 3.43. The average molecular weight is 338 g/mol. The number of nitrogens with zero attached hydrogens (tertiary/aromatic N) is 1. The number of hydrogen-bond donors (Lipinski definition) is 0. The third kappa shape index (κ3) is 4.61. The molecule has 0 unspecified atom stereocenters. The maximum Gasteiger partial charge on any atom is 0.175 e. The summed E-state index contributed by atoms with van der Waals surface area (Å²) in [6.45, 7) is 0. The van der Waals surface area contributed by atoms with Gasteiger partial charge in [-0.05, 0) is 41.5 Å². The highest BCUT2D eigenvalue weighted by Gasteiger charge is 2.07. The van der Waals surface area contributed by atoms with E-state index in [1.165, 1.54) is 5.41 Å². The van der Waals surface area contributed by atoms with Crippen molar-refractivity contribution in [3.63, 3.8) is 0 Å². The molecule has 1 aromatic heterocycles. The van der Waals surface area contributed by atoms with E-state index < -0.39 is 9.84 Å². The summed E-state index contributed by atoms with van der Waals surface area (Å²) in [5, 5.41) is 1.24. The fourth-order valence-electron chi connectivity index (χ4n) is 1.52. The zero-order valence-corrected chi connectivity index (χ0v) is 12.4. The number of rotatable bonds is 4. The van der Waals surface area contributed by atoms with E-state index in [0.717, 1.165) is 15.6 Å². The van der Waals surface area contributed by atoms with Crippen LogP contribution in [-0.4, -0.2) is 13.4 Å². The summed E-state index contributed by atoms with van der Waals surface area (Å²) in [6.07, 6.45) is 4.83. The quantitative estimate of drug-likeness (QED) is 0.858. The molecule has 0 aliphatic heterocycles. The highest BCUT2D eigenvalue weighted by molar-refractivity contribution is 9.10. The number of hydrogen-bond acceptors (Lipinski definition) is 3. The predicted molar refractivity (Wildman–Crippen MR) is 80.0 cm³/mol. The highest BCUT2D eigenvalue weighted by atomic mass is 79.9. The van der Waals surface area contributed by atoms with E-state index in [0.29, 0.717) is 0 Å². The van der Waals surface area contributed by atoms with Gasteiger partial charge in [-0.15, -0.1) is 0 Å². The summed E-state index contributed by atoms with van der Waals surface area (Å²) in [6, 6.07) is 10.8. The van der Waals surface area contributed by atoms with Crippen LogP contribution in [0.5, 0.6) is 0 Å². The fourth-order valence-corrected chi connectivity index (χ4v) is 2.90. The summed E-state index contributed by atoms with van der Waals surface area (Å²) >= 11 is 3.32. The summed E-state index contributed by atoms with van der Waals surface area (Å²) < 4.78 is 24.8. The minimum atomic E-state index is -3.26. The lowest BCUT2D eigenvalue weighted by Gasteiger charge is -2.00. The van der Waals surface area contributed by atoms with Crippen LogP contribution in [0.2, 0.25) is 0 Å². The molecule has 3 nitrogen and oxygen atoms in total. The first-order valence-corrected chi connectivity index (χ1v) is 8.11. The van der Waals surface area contributed by atoms with Gasteiger partial charge in [0.2, 0.25) is 0 Å². The van der Waals surface area contributed by atoms with Crippen molar-refractivity contribution >= 4 is 31.8 Å². The molecule has 1 aromatic carbocycles. The zero-order valence-electron chi connectivity index (χ0n) is 10.0. The molecule has 0 radical (unpaired) electrons. The molecule has 1 heterocycles. The summed E-state index contributed by atoms with van der Waals surface area (Å²) in [5.74, 6) is 0.00185. The first-order chi connectivity index (χ1) is 9.05. The van der Waals surface area contributed by atoms with Crippen molar-refractivity contribution in [1.82, 2.24) is 4.98 Å². The van der Waals surface area contributed by atoms with Gasteiger partial charge < -0.3 is 0 Å². The number of benzene rings is 1. The van der Waals surface area contributed by atoms with Crippen LogP contribution in [0.3, 0.4) is 0 Å². The van der Waals surface area contributed by atoms with Gasteiger partial charge in [0.05, 0.1) is 5.75 Å². The molecule has 0 aliphatic carbocycles. The van der Waals surface area contributed by atoms with Crippen LogP contribution in [0.4, 0.5) is 0 Å². The molecular formula is C14H12BrNO2S. The lowest BCUT2D eigenvalue weighted by molar-refractivity contribution is 0.604. The van der Waals surface area contributed by atoms with E-state index in [2.05, 4.69) is 20.9 Å². The summed E-state index contributed by atoms with van der Waals surface area (Å²) in [5.41, 5.74) is 1.58. The van der Waals surface area contributed by atoms with Gasteiger partial charge in [-0.3, -0.25) is 4.98 Å². The van der Waals surface area contributed by atoms with Crippen LogP contribution in [0, 0.1) is 0 Å². The Bertz CT molecular complexity index is 664. The van der Waals surface area contributed by atoms with Crippen molar-refractivity contribution in [3.8, 4) is 0 Å². The molecule has 2 aromatic rings. The van der Waals surface area contributed by atoms with Crippen LogP contribution in [0.15, 0.2) is 58.7 Å². The van der Waals surface area contributed by atoms with Gasteiger partial charge in [0.1, 0.15) is 0 Å². The molecule has 0 fully saturated rings. The smallest absolute Gasteiger partial charge is 0.175 e. The third-order valence-electron chi connectivity index (χ3n) is 2.46. The van der Waals surface area contributed by atoms with Crippen LogP contribution >= 0.6 is 15.9 Å². The van der Waals surface area contributed by atoms with E-state index in [4.69, 9.17) is 0 Å². The second kappa shape index (κ2) is 6.12. The summed E-state index contributed by atoms with van der Waals surface area (Å²) in [7, 11) is -3.26. The van der Waals surface area contributed by atoms with E-state index in [1.54, 1.807) is 42.7 Å². The zero-order chi connectivity index (χ0) is 13.7. The van der Waals surface area contributed by atoms with Crippen molar-refractivity contribution in [2.75, 3.05) is 0 Å². The van der Waals surface area contributed by atoms with E-state index in [-0.39, 0.29) is 5.75 Å². The molecule has 0 bridgehead atoms. The third-order valence-corrected chi connectivity index (χ3v) is 4.27. The molecular weight excluding hydrogens is 326 g/mol. The molecule has 19 heavy (non-hydrogen) atoms. The first-order valence-electron chi connectivity index (χ1n) is 5.60. The number of halogens is 1. The van der Waals surface area contributed by atoms with Gasteiger partial charge in [-0.2, -0.15) is 0 Å². The Morgan fingerprint density at radius 2 is 1.68 bits per heavy atom. The maximum absolute atomic E-state index is 11.9. The molecule has 2 rings (SSSR count). The highest BCUT2D eigenvalue weighted by Crippen LogP contribution is 2.14. The maximum atomic E-state index is 11.9. The van der Waals surface area contributed by atoms with Crippen molar-refractivity contribution in [2.45, 2.75) is 5.75 Å². The molecule has 0 saturated carbocycles. The molecule has 0 saturated heterocycles. The molecule has 0 N–H and O–H groups in total. The Morgan fingerprint density at radius 3 is 2.32 bits per heavy atom. The second-order valence-electron chi connectivity index (χ2n) is 4.02. The van der Waals surface area contributed by atoms with Crippen molar-refractivity contribution in [1.29, 1.82) is 0 Å². The standard InChI is InChI=1S/C14H12BrNO2S/c15-14-3-1-13(2-4-14)11-19(17,18)10-7-12-5-8-16-9-6-12/h1-10H,11H2. The molecule has 0 amide bonds. The van der Waals surface area contributed by atoms with Crippen LogP contribution in [-0.2, 0) is 15.6 Å². The van der Waals surface area contributed by atoms with Gasteiger partial charge in [-0.1, -0.05) is 28.1 Å². The molecule has 5 heteroatoms. The normalized spacial score (nSPS) is 11.8. The van der Waals surface area contributed by atoms with Gasteiger partial charge in [0, 0.05) is 22.3 Å². The monoisotopic (exact) mass is 337 g/mol. The Kier molecular flexibility index (Phi) is 4.50. The van der Waals surface area contributed by atoms with Crippen LogP contribution < -0.4 is 0 Å². The van der Waals surface area contributed by atoms with Gasteiger partial charge in [-0.25, -0.2) is 8.42 Å². The molecule has 98 valence electrons. The van der Waals surface area contributed by atoms with Crippen LogP contribution in [0.25, 0.3) is 6.08 Å². The minimum Gasteiger partial charge on any atom is -0.265 e. The molecule has 0 spiro atoms. The van der Waals surface area contributed by atoms with Gasteiger partial charge in [0.15, 0.2) is 9.84 Å². The average Bonchev–Trinajstić information content (AvgIpc) is 2.40. The Hall–Kier alpha value is -1.46. The lowest BCUT2D eigenvalue weighted by Crippen LogP contribution is -1.99. The molecule has 0 atom stereocenters. The van der Waals surface area contributed by atoms with E-state index in [9.17, 15) is 8.42 Å². The number of sulfone groups is 1. The van der Waals surface area contributed by atoms with E-state index >= 15 is 0 Å². The van der Waals surface area contributed by atoms with Crippen molar-refractivity contribution in [2.24, 2.45) is 0 Å². The van der Waals surface area contributed by atoms with Crippen LogP contribution in [0.1, 0.15) is 11.1 Å². The van der Waals surface area contributed by atoms with Crippen molar-refractivity contribution < 1.29 is 8.42 Å². The van der Waals surface area contributed by atoms with Gasteiger partial charge in [0.25, 0.3) is 0 Å². The Balaban J connectivity index is 2.11. The second-order valence-corrected chi connectivity index (χ2v) is 6.82. The fraction of sp³-hybridized carbons (Fsp3) is 0.0714. The SMILES string of the molecule is O=S(=O)(C=Cc1ccncc1)Cc1ccc(Br)cc1. The Morgan fingerprint density at radius 1 is 1.05 bits per heavy atom. The largest absolute Gasteiger partial charge is 0.265 e. The van der Waals surface area contributed by atoms with E-state index in [1.807, 2.05) is 12.1 Å². The van der Waals surface area contributed by atoms with Gasteiger partial charge >= 0.3 is 0 Å². The molecule has 0 aliphatic rings. The number of aromatic nitrogens is 1. The van der Waals surface area contributed by atoms with Crippen molar-refractivity contribution in [3.05, 3.63) is 69.8 Å². The minimum absolute atomic E-state index is 0.00185. The first kappa shape index (κ1) is 14.0. The number of pyridine rings is 1.